The van der Waals surface area contributed by atoms with Crippen molar-refractivity contribution in [1.29, 1.82) is 0 Å². The standard InChI is InChI=1S/C18H20N4/c1-18(2)16(12-8-4-6-10-14(12)20-18)19-17-13-9-5-7-11-15(13)21-22(17)3/h4-11,16,19-20H,1-3H3. The van der Waals surface area contributed by atoms with Crippen LogP contribution in [0.3, 0.4) is 0 Å². The molecule has 1 unspecified atom stereocenters. The molecule has 0 fully saturated rings. The highest BCUT2D eigenvalue weighted by molar-refractivity contribution is 5.90. The SMILES string of the molecule is Cn1nc2ccccc2c1NC1c2ccccc2NC1(C)C. The van der Waals surface area contributed by atoms with Crippen molar-refractivity contribution in [2.24, 2.45) is 7.05 Å². The van der Waals surface area contributed by atoms with Gasteiger partial charge in [-0.05, 0) is 37.6 Å². The maximum Gasteiger partial charge on any atom is 0.132 e. The van der Waals surface area contributed by atoms with Gasteiger partial charge in [0, 0.05) is 18.1 Å². The van der Waals surface area contributed by atoms with Crippen LogP contribution in [-0.2, 0) is 7.05 Å². The van der Waals surface area contributed by atoms with Gasteiger partial charge in [-0.1, -0.05) is 30.3 Å². The number of nitrogens with zero attached hydrogens (tertiary/aromatic N) is 2. The molecule has 1 atom stereocenters. The fourth-order valence-corrected chi connectivity index (χ4v) is 3.38. The third-order valence-corrected chi connectivity index (χ3v) is 4.47. The van der Waals surface area contributed by atoms with Gasteiger partial charge in [-0.25, -0.2) is 0 Å². The molecule has 2 heterocycles. The number of anilines is 2. The van der Waals surface area contributed by atoms with Crippen LogP contribution in [0.4, 0.5) is 11.5 Å². The molecule has 0 aliphatic carbocycles. The maximum atomic E-state index is 4.59. The third-order valence-electron chi connectivity index (χ3n) is 4.47. The number of para-hydroxylation sites is 1. The highest BCUT2D eigenvalue weighted by atomic mass is 15.3. The zero-order valence-electron chi connectivity index (χ0n) is 13.1. The van der Waals surface area contributed by atoms with E-state index in [2.05, 4.69) is 66.0 Å². The molecular formula is C18H20N4. The molecule has 3 aromatic rings. The highest BCUT2D eigenvalue weighted by Crippen LogP contribution is 2.43. The minimum Gasteiger partial charge on any atom is -0.377 e. The second-order valence-electron chi connectivity index (χ2n) is 6.50. The lowest BCUT2D eigenvalue weighted by molar-refractivity contribution is 0.508. The smallest absolute Gasteiger partial charge is 0.132 e. The lowest BCUT2D eigenvalue weighted by Gasteiger charge is -2.29. The molecule has 4 rings (SSSR count). The Morgan fingerprint density at radius 2 is 1.82 bits per heavy atom. The van der Waals surface area contributed by atoms with Gasteiger partial charge in [0.05, 0.1) is 17.1 Å². The highest BCUT2D eigenvalue weighted by Gasteiger charge is 2.39. The van der Waals surface area contributed by atoms with E-state index in [9.17, 15) is 0 Å². The summed E-state index contributed by atoms with van der Waals surface area (Å²) in [6.07, 6.45) is 0. The molecule has 2 aromatic carbocycles. The molecule has 1 aliphatic heterocycles. The van der Waals surface area contributed by atoms with Gasteiger partial charge >= 0.3 is 0 Å². The number of hydrogen-bond donors (Lipinski definition) is 2. The molecule has 0 bridgehead atoms. The zero-order valence-corrected chi connectivity index (χ0v) is 13.1. The van der Waals surface area contributed by atoms with E-state index in [1.807, 2.05) is 23.9 Å². The van der Waals surface area contributed by atoms with Crippen molar-refractivity contribution in [3.8, 4) is 0 Å². The average molecular weight is 292 g/mol. The van der Waals surface area contributed by atoms with Crippen LogP contribution in [0.2, 0.25) is 0 Å². The molecule has 112 valence electrons. The number of hydrogen-bond acceptors (Lipinski definition) is 3. The van der Waals surface area contributed by atoms with Gasteiger partial charge in [0.25, 0.3) is 0 Å². The summed E-state index contributed by atoms with van der Waals surface area (Å²) in [7, 11) is 1.99. The number of nitrogens with one attached hydrogen (secondary N) is 2. The lowest BCUT2D eigenvalue weighted by atomic mass is 9.93. The van der Waals surface area contributed by atoms with E-state index in [0.29, 0.717) is 0 Å². The van der Waals surface area contributed by atoms with E-state index in [1.165, 1.54) is 11.3 Å². The number of aryl methyl sites for hydroxylation is 1. The van der Waals surface area contributed by atoms with Crippen molar-refractivity contribution in [1.82, 2.24) is 9.78 Å². The molecule has 0 saturated carbocycles. The summed E-state index contributed by atoms with van der Waals surface area (Å²) < 4.78 is 1.93. The van der Waals surface area contributed by atoms with Crippen molar-refractivity contribution in [2.75, 3.05) is 10.6 Å². The van der Waals surface area contributed by atoms with Gasteiger partial charge in [-0.3, -0.25) is 4.68 Å². The second kappa shape index (κ2) is 4.50. The molecule has 0 radical (unpaired) electrons. The van der Waals surface area contributed by atoms with Crippen molar-refractivity contribution in [2.45, 2.75) is 25.4 Å². The fraction of sp³-hybridized carbons (Fsp3) is 0.278. The van der Waals surface area contributed by atoms with E-state index in [1.54, 1.807) is 0 Å². The minimum absolute atomic E-state index is 0.0605. The first kappa shape index (κ1) is 13.2. The molecule has 22 heavy (non-hydrogen) atoms. The largest absolute Gasteiger partial charge is 0.377 e. The maximum absolute atomic E-state index is 4.59. The number of rotatable bonds is 2. The summed E-state index contributed by atoms with van der Waals surface area (Å²) in [5.41, 5.74) is 3.47. The fourth-order valence-electron chi connectivity index (χ4n) is 3.38. The summed E-state index contributed by atoms with van der Waals surface area (Å²) in [6, 6.07) is 16.9. The molecule has 2 N–H and O–H groups in total. The van der Waals surface area contributed by atoms with E-state index in [-0.39, 0.29) is 11.6 Å². The van der Waals surface area contributed by atoms with Gasteiger partial charge in [0.1, 0.15) is 5.82 Å². The number of aromatic nitrogens is 2. The summed E-state index contributed by atoms with van der Waals surface area (Å²) in [6.45, 7) is 4.45. The third kappa shape index (κ3) is 1.87. The van der Waals surface area contributed by atoms with Crippen LogP contribution in [0.1, 0.15) is 25.5 Å². The first-order valence-electron chi connectivity index (χ1n) is 7.62. The van der Waals surface area contributed by atoms with Crippen LogP contribution >= 0.6 is 0 Å². The Balaban J connectivity index is 1.80. The summed E-state index contributed by atoms with van der Waals surface area (Å²) in [4.78, 5) is 0. The first-order valence-corrected chi connectivity index (χ1v) is 7.62. The second-order valence-corrected chi connectivity index (χ2v) is 6.50. The number of benzene rings is 2. The van der Waals surface area contributed by atoms with E-state index >= 15 is 0 Å². The van der Waals surface area contributed by atoms with Crippen LogP contribution in [0, 0.1) is 0 Å². The molecule has 4 heteroatoms. The quantitative estimate of drug-likeness (QED) is 0.752. The Bertz CT molecular complexity index is 847. The van der Waals surface area contributed by atoms with Crippen molar-refractivity contribution < 1.29 is 0 Å². The predicted molar refractivity (Wildman–Crippen MR) is 91.2 cm³/mol. The Morgan fingerprint density at radius 3 is 2.68 bits per heavy atom. The Labute approximate surface area is 130 Å². The summed E-state index contributed by atoms with van der Waals surface area (Å²) in [5.74, 6) is 1.06. The molecule has 1 aliphatic rings. The van der Waals surface area contributed by atoms with E-state index in [0.717, 1.165) is 16.7 Å². The van der Waals surface area contributed by atoms with Gasteiger partial charge < -0.3 is 10.6 Å². The molecular weight excluding hydrogens is 272 g/mol. The Hall–Kier alpha value is -2.49. The predicted octanol–water partition coefficient (Wildman–Crippen LogP) is 3.93. The van der Waals surface area contributed by atoms with Crippen LogP contribution < -0.4 is 10.6 Å². The van der Waals surface area contributed by atoms with E-state index < -0.39 is 0 Å². The topological polar surface area (TPSA) is 41.9 Å². The Kier molecular flexibility index (Phi) is 2.70. The van der Waals surface area contributed by atoms with Gasteiger partial charge in [0.2, 0.25) is 0 Å². The number of fused-ring (bicyclic) bond motifs is 2. The Morgan fingerprint density at radius 1 is 1.09 bits per heavy atom. The zero-order chi connectivity index (χ0) is 15.3. The molecule has 0 amide bonds. The van der Waals surface area contributed by atoms with Crippen molar-refractivity contribution in [3.05, 3.63) is 54.1 Å². The average Bonchev–Trinajstić information content (AvgIpc) is 2.94. The van der Waals surface area contributed by atoms with Gasteiger partial charge in [0.15, 0.2) is 0 Å². The van der Waals surface area contributed by atoms with Crippen molar-refractivity contribution in [3.63, 3.8) is 0 Å². The minimum atomic E-state index is -0.0605. The van der Waals surface area contributed by atoms with Gasteiger partial charge in [-0.2, -0.15) is 5.10 Å². The molecule has 4 nitrogen and oxygen atoms in total. The van der Waals surface area contributed by atoms with Gasteiger partial charge in [-0.15, -0.1) is 0 Å². The monoisotopic (exact) mass is 292 g/mol. The first-order chi connectivity index (χ1) is 10.6. The lowest BCUT2D eigenvalue weighted by Crippen LogP contribution is -2.36. The molecule has 1 aromatic heterocycles. The summed E-state index contributed by atoms with van der Waals surface area (Å²) in [5, 5.41) is 13.1. The van der Waals surface area contributed by atoms with Crippen LogP contribution in [0.15, 0.2) is 48.5 Å². The van der Waals surface area contributed by atoms with Crippen LogP contribution in [0.25, 0.3) is 10.9 Å². The van der Waals surface area contributed by atoms with Crippen LogP contribution in [0.5, 0.6) is 0 Å². The summed E-state index contributed by atoms with van der Waals surface area (Å²) >= 11 is 0. The van der Waals surface area contributed by atoms with Crippen molar-refractivity contribution >= 4 is 22.4 Å². The molecule has 0 saturated heterocycles. The van der Waals surface area contributed by atoms with Crippen LogP contribution in [-0.4, -0.2) is 15.3 Å². The van der Waals surface area contributed by atoms with E-state index in [4.69, 9.17) is 0 Å². The normalized spacial score (nSPS) is 19.0. The molecule has 0 spiro atoms.